The smallest absolute Gasteiger partial charge is 0.227 e. The predicted octanol–water partition coefficient (Wildman–Crippen LogP) is 4.15. The summed E-state index contributed by atoms with van der Waals surface area (Å²) < 4.78 is 8.78. The molecule has 0 aliphatic heterocycles. The van der Waals surface area contributed by atoms with Crippen molar-refractivity contribution in [2.45, 2.75) is 6.92 Å². The number of oxazole rings is 1. The standard InChI is InChI=1S/C16H11BrN4O/c1-10-5-13(21-8-18-19-9-21)7-14-15(10)22-16(20-14)11-3-2-4-12(17)6-11/h2-9H,1H3. The minimum atomic E-state index is 0.611. The average Bonchev–Trinajstić information content (AvgIpc) is 3.16. The van der Waals surface area contributed by atoms with Gasteiger partial charge in [0.15, 0.2) is 5.58 Å². The molecule has 0 spiro atoms. The Morgan fingerprint density at radius 2 is 1.91 bits per heavy atom. The number of fused-ring (bicyclic) bond motifs is 1. The third-order valence-corrected chi connectivity index (χ3v) is 3.94. The van der Waals surface area contributed by atoms with E-state index < -0.39 is 0 Å². The van der Waals surface area contributed by atoms with Gasteiger partial charge in [-0.15, -0.1) is 10.2 Å². The van der Waals surface area contributed by atoms with Crippen LogP contribution in [-0.2, 0) is 0 Å². The first-order valence-electron chi connectivity index (χ1n) is 6.73. The van der Waals surface area contributed by atoms with Crippen molar-refractivity contribution in [3.05, 3.63) is 59.1 Å². The Bertz CT molecular complexity index is 960. The lowest BCUT2D eigenvalue weighted by atomic mass is 10.2. The molecular formula is C16H11BrN4O. The molecule has 2 aromatic carbocycles. The molecule has 0 N–H and O–H groups in total. The minimum absolute atomic E-state index is 0.611. The van der Waals surface area contributed by atoms with Crippen molar-refractivity contribution in [2.75, 3.05) is 0 Å². The molecule has 0 bridgehead atoms. The van der Waals surface area contributed by atoms with Crippen LogP contribution in [0.4, 0.5) is 0 Å². The molecule has 22 heavy (non-hydrogen) atoms. The molecule has 4 aromatic rings. The number of rotatable bonds is 2. The minimum Gasteiger partial charge on any atom is -0.436 e. The molecule has 108 valence electrons. The second kappa shape index (κ2) is 5.06. The maximum Gasteiger partial charge on any atom is 0.227 e. The van der Waals surface area contributed by atoms with Gasteiger partial charge in [0, 0.05) is 10.0 Å². The van der Waals surface area contributed by atoms with E-state index in [1.165, 1.54) is 0 Å². The highest BCUT2D eigenvalue weighted by atomic mass is 79.9. The Morgan fingerprint density at radius 3 is 2.68 bits per heavy atom. The zero-order valence-electron chi connectivity index (χ0n) is 11.7. The van der Waals surface area contributed by atoms with Crippen molar-refractivity contribution in [1.82, 2.24) is 19.7 Å². The largest absolute Gasteiger partial charge is 0.436 e. The third kappa shape index (κ3) is 2.21. The van der Waals surface area contributed by atoms with Gasteiger partial charge in [0.1, 0.15) is 18.2 Å². The zero-order chi connectivity index (χ0) is 15.1. The van der Waals surface area contributed by atoms with E-state index in [1.807, 2.05) is 47.9 Å². The van der Waals surface area contributed by atoms with Gasteiger partial charge < -0.3 is 4.42 Å². The molecule has 5 nitrogen and oxygen atoms in total. The lowest BCUT2D eigenvalue weighted by Gasteiger charge is -2.02. The van der Waals surface area contributed by atoms with Gasteiger partial charge in [-0.2, -0.15) is 0 Å². The number of aromatic nitrogens is 4. The van der Waals surface area contributed by atoms with Crippen LogP contribution >= 0.6 is 15.9 Å². The van der Waals surface area contributed by atoms with Gasteiger partial charge in [-0.1, -0.05) is 22.0 Å². The fraction of sp³-hybridized carbons (Fsp3) is 0.0625. The SMILES string of the molecule is Cc1cc(-n2cnnc2)cc2nc(-c3cccc(Br)c3)oc12. The maximum absolute atomic E-state index is 5.94. The molecule has 0 saturated carbocycles. The van der Waals surface area contributed by atoms with Crippen LogP contribution in [0.1, 0.15) is 5.56 Å². The van der Waals surface area contributed by atoms with Gasteiger partial charge in [0.25, 0.3) is 0 Å². The number of benzene rings is 2. The van der Waals surface area contributed by atoms with Crippen LogP contribution < -0.4 is 0 Å². The number of aryl methyl sites for hydroxylation is 1. The molecule has 0 fully saturated rings. The predicted molar refractivity (Wildman–Crippen MR) is 86.8 cm³/mol. The molecule has 0 saturated heterocycles. The van der Waals surface area contributed by atoms with Crippen LogP contribution in [-0.4, -0.2) is 19.7 Å². The van der Waals surface area contributed by atoms with Crippen LogP contribution in [0.3, 0.4) is 0 Å². The lowest BCUT2D eigenvalue weighted by molar-refractivity contribution is 0.617. The van der Waals surface area contributed by atoms with Crippen LogP contribution in [0.5, 0.6) is 0 Å². The Morgan fingerprint density at radius 1 is 1.09 bits per heavy atom. The second-order valence-corrected chi connectivity index (χ2v) is 5.93. The lowest BCUT2D eigenvalue weighted by Crippen LogP contribution is -1.91. The number of hydrogen-bond donors (Lipinski definition) is 0. The van der Waals surface area contributed by atoms with E-state index in [2.05, 4.69) is 31.1 Å². The van der Waals surface area contributed by atoms with Crippen molar-refractivity contribution >= 4 is 27.0 Å². The van der Waals surface area contributed by atoms with Crippen LogP contribution in [0.25, 0.3) is 28.2 Å². The van der Waals surface area contributed by atoms with Crippen molar-refractivity contribution in [3.63, 3.8) is 0 Å². The van der Waals surface area contributed by atoms with Crippen LogP contribution in [0.15, 0.2) is 57.9 Å². The monoisotopic (exact) mass is 354 g/mol. The first-order chi connectivity index (χ1) is 10.7. The summed E-state index contributed by atoms with van der Waals surface area (Å²) in [6.07, 6.45) is 3.33. The fourth-order valence-electron chi connectivity index (χ4n) is 2.41. The molecule has 0 unspecified atom stereocenters. The van der Waals surface area contributed by atoms with E-state index in [0.717, 1.165) is 32.4 Å². The highest BCUT2D eigenvalue weighted by molar-refractivity contribution is 9.10. The summed E-state index contributed by atoms with van der Waals surface area (Å²) in [5.74, 6) is 0.611. The zero-order valence-corrected chi connectivity index (χ0v) is 13.3. The van der Waals surface area contributed by atoms with E-state index in [9.17, 15) is 0 Å². The average molecular weight is 355 g/mol. The molecule has 0 aliphatic carbocycles. The molecule has 4 rings (SSSR count). The number of hydrogen-bond acceptors (Lipinski definition) is 4. The van der Waals surface area contributed by atoms with E-state index >= 15 is 0 Å². The number of nitrogens with zero attached hydrogens (tertiary/aromatic N) is 4. The van der Waals surface area contributed by atoms with E-state index in [-0.39, 0.29) is 0 Å². The third-order valence-electron chi connectivity index (χ3n) is 3.45. The van der Waals surface area contributed by atoms with E-state index in [4.69, 9.17) is 4.42 Å². The summed E-state index contributed by atoms with van der Waals surface area (Å²) in [6.45, 7) is 2.01. The molecule has 6 heteroatoms. The van der Waals surface area contributed by atoms with Crippen molar-refractivity contribution in [2.24, 2.45) is 0 Å². The van der Waals surface area contributed by atoms with Crippen LogP contribution in [0.2, 0.25) is 0 Å². The summed E-state index contributed by atoms with van der Waals surface area (Å²) in [7, 11) is 0. The van der Waals surface area contributed by atoms with Gasteiger partial charge >= 0.3 is 0 Å². The molecule has 0 radical (unpaired) electrons. The quantitative estimate of drug-likeness (QED) is 0.542. The highest BCUT2D eigenvalue weighted by Crippen LogP contribution is 2.29. The summed E-state index contributed by atoms with van der Waals surface area (Å²) in [4.78, 5) is 4.61. The van der Waals surface area contributed by atoms with Crippen molar-refractivity contribution in [3.8, 4) is 17.1 Å². The van der Waals surface area contributed by atoms with Gasteiger partial charge in [-0.3, -0.25) is 4.57 Å². The van der Waals surface area contributed by atoms with E-state index in [0.29, 0.717) is 5.89 Å². The Balaban J connectivity index is 1.89. The topological polar surface area (TPSA) is 56.7 Å². The van der Waals surface area contributed by atoms with Crippen LogP contribution in [0, 0.1) is 6.92 Å². The summed E-state index contributed by atoms with van der Waals surface area (Å²) in [5.41, 5.74) is 4.54. The van der Waals surface area contributed by atoms with Crippen molar-refractivity contribution in [1.29, 1.82) is 0 Å². The van der Waals surface area contributed by atoms with Gasteiger partial charge in [0.2, 0.25) is 5.89 Å². The fourth-order valence-corrected chi connectivity index (χ4v) is 2.81. The molecule has 0 amide bonds. The summed E-state index contributed by atoms with van der Waals surface area (Å²) in [6, 6.07) is 11.9. The molecule has 0 atom stereocenters. The Kier molecular flexibility index (Phi) is 3.04. The normalized spacial score (nSPS) is 11.2. The maximum atomic E-state index is 5.94. The van der Waals surface area contributed by atoms with Crippen molar-refractivity contribution < 1.29 is 4.42 Å². The molecule has 0 aliphatic rings. The molecular weight excluding hydrogens is 344 g/mol. The van der Waals surface area contributed by atoms with Gasteiger partial charge in [0.05, 0.1) is 5.69 Å². The second-order valence-electron chi connectivity index (χ2n) is 5.01. The van der Waals surface area contributed by atoms with Gasteiger partial charge in [-0.05, 0) is 42.8 Å². The Hall–Kier alpha value is -2.47. The molecule has 2 heterocycles. The number of halogens is 1. The summed E-state index contributed by atoms with van der Waals surface area (Å²) >= 11 is 3.47. The highest BCUT2D eigenvalue weighted by Gasteiger charge is 2.12. The first kappa shape index (κ1) is 13.2. The van der Waals surface area contributed by atoms with Gasteiger partial charge in [-0.25, -0.2) is 4.98 Å². The van der Waals surface area contributed by atoms with E-state index in [1.54, 1.807) is 12.7 Å². The Labute approximate surface area is 134 Å². The molecule has 2 aromatic heterocycles. The first-order valence-corrected chi connectivity index (χ1v) is 7.52. The summed E-state index contributed by atoms with van der Waals surface area (Å²) in [5, 5.41) is 7.67.